The monoisotopic (exact) mass is 388 g/mol. The normalized spacial score (nSPS) is 19.6. The minimum absolute atomic E-state index is 0.0134. The summed E-state index contributed by atoms with van der Waals surface area (Å²) < 4.78 is 5.11. The van der Waals surface area contributed by atoms with E-state index in [1.165, 1.54) is 6.20 Å². The molecular weight excluding hydrogens is 360 g/mol. The van der Waals surface area contributed by atoms with Crippen molar-refractivity contribution in [3.8, 4) is 0 Å². The molecule has 8 heteroatoms. The number of esters is 1. The maximum absolute atomic E-state index is 12.5. The third-order valence-corrected chi connectivity index (χ3v) is 5.24. The number of pyridine rings is 1. The maximum Gasteiger partial charge on any atom is 0.341 e. The SMILES string of the molecule is CCCC(=O)N1CC[C@H](C)[C@H](Nc2c(C(=O)OCCO)cnc3[nH]ccc23)C1. The molecule has 0 spiro atoms. The van der Waals surface area contributed by atoms with E-state index in [1.807, 2.05) is 17.9 Å². The van der Waals surface area contributed by atoms with Gasteiger partial charge in [-0.1, -0.05) is 13.8 Å². The number of carbonyl (C=O) groups excluding carboxylic acids is 2. The van der Waals surface area contributed by atoms with E-state index in [9.17, 15) is 9.59 Å². The van der Waals surface area contributed by atoms with E-state index in [0.29, 0.717) is 35.8 Å². The fraction of sp³-hybridized carbons (Fsp3) is 0.550. The molecule has 152 valence electrons. The standard InChI is InChI=1S/C20H28N4O4/c1-3-4-17(26)24-8-6-13(2)16(12-24)23-18-14-5-7-21-19(14)22-11-15(18)20(27)28-10-9-25/h5,7,11,13,16,25H,3-4,6,8-10,12H2,1-2H3,(H2,21,22,23)/t13-,16+/m0/s1. The molecule has 2 aromatic heterocycles. The molecule has 1 fully saturated rings. The zero-order valence-electron chi connectivity index (χ0n) is 16.4. The van der Waals surface area contributed by atoms with Gasteiger partial charge in [0.1, 0.15) is 17.8 Å². The van der Waals surface area contributed by atoms with Crippen LogP contribution in [0.2, 0.25) is 0 Å². The number of aromatic nitrogens is 2. The number of aromatic amines is 1. The van der Waals surface area contributed by atoms with Crippen molar-refractivity contribution in [2.75, 3.05) is 31.6 Å². The zero-order valence-corrected chi connectivity index (χ0v) is 16.4. The van der Waals surface area contributed by atoms with Crippen LogP contribution in [-0.4, -0.2) is 64.2 Å². The van der Waals surface area contributed by atoms with Crippen LogP contribution >= 0.6 is 0 Å². The predicted molar refractivity (Wildman–Crippen MR) is 106 cm³/mol. The van der Waals surface area contributed by atoms with Crippen LogP contribution in [0.1, 0.15) is 43.5 Å². The van der Waals surface area contributed by atoms with Crippen molar-refractivity contribution in [3.05, 3.63) is 24.0 Å². The van der Waals surface area contributed by atoms with E-state index >= 15 is 0 Å². The highest BCUT2D eigenvalue weighted by atomic mass is 16.5. The van der Waals surface area contributed by atoms with Crippen molar-refractivity contribution < 1.29 is 19.4 Å². The smallest absolute Gasteiger partial charge is 0.341 e. The number of anilines is 1. The van der Waals surface area contributed by atoms with Crippen LogP contribution < -0.4 is 5.32 Å². The van der Waals surface area contributed by atoms with Gasteiger partial charge in [0.05, 0.1) is 12.3 Å². The molecule has 3 N–H and O–H groups in total. The predicted octanol–water partition coefficient (Wildman–Crippen LogP) is 2.16. The summed E-state index contributed by atoms with van der Waals surface area (Å²) in [4.78, 5) is 34.1. The fourth-order valence-corrected chi connectivity index (χ4v) is 3.58. The Bertz CT molecular complexity index is 835. The summed E-state index contributed by atoms with van der Waals surface area (Å²) in [7, 11) is 0. The summed E-state index contributed by atoms with van der Waals surface area (Å²) in [6.45, 7) is 5.21. The number of rotatable bonds is 7. The lowest BCUT2D eigenvalue weighted by Crippen LogP contribution is -2.49. The molecule has 0 radical (unpaired) electrons. The lowest BCUT2D eigenvalue weighted by Gasteiger charge is -2.38. The Labute approximate surface area is 164 Å². The van der Waals surface area contributed by atoms with E-state index < -0.39 is 5.97 Å². The van der Waals surface area contributed by atoms with E-state index in [2.05, 4.69) is 22.2 Å². The third-order valence-electron chi connectivity index (χ3n) is 5.24. The van der Waals surface area contributed by atoms with Gasteiger partial charge < -0.3 is 25.0 Å². The van der Waals surface area contributed by atoms with Crippen molar-refractivity contribution >= 4 is 28.6 Å². The molecule has 3 heterocycles. The number of nitrogens with zero attached hydrogens (tertiary/aromatic N) is 2. The molecule has 1 aliphatic rings. The van der Waals surface area contributed by atoms with Crippen LogP contribution in [0, 0.1) is 5.92 Å². The molecule has 1 aliphatic heterocycles. The largest absolute Gasteiger partial charge is 0.460 e. The Balaban J connectivity index is 1.88. The summed E-state index contributed by atoms with van der Waals surface area (Å²) in [5.74, 6) is -0.0195. The molecule has 0 unspecified atom stereocenters. The number of carbonyl (C=O) groups is 2. The third kappa shape index (κ3) is 4.27. The molecule has 1 saturated heterocycles. The molecule has 0 saturated carbocycles. The second kappa shape index (κ2) is 9.05. The number of likely N-dealkylation sites (tertiary alicyclic amines) is 1. The number of nitrogens with one attached hydrogen (secondary N) is 2. The number of H-pyrrole nitrogens is 1. The number of piperidine rings is 1. The minimum atomic E-state index is -0.533. The lowest BCUT2D eigenvalue weighted by atomic mass is 9.92. The average molecular weight is 388 g/mol. The molecule has 0 bridgehead atoms. The van der Waals surface area contributed by atoms with Gasteiger partial charge in [-0.05, 0) is 24.8 Å². The Morgan fingerprint density at radius 2 is 2.29 bits per heavy atom. The molecule has 1 amide bonds. The molecule has 8 nitrogen and oxygen atoms in total. The van der Waals surface area contributed by atoms with Gasteiger partial charge in [-0.15, -0.1) is 0 Å². The molecule has 2 atom stereocenters. The first kappa shape index (κ1) is 20.1. The van der Waals surface area contributed by atoms with Gasteiger partial charge in [-0.3, -0.25) is 4.79 Å². The van der Waals surface area contributed by atoms with E-state index in [0.717, 1.165) is 24.8 Å². The van der Waals surface area contributed by atoms with Crippen LogP contribution in [0.25, 0.3) is 11.0 Å². The van der Waals surface area contributed by atoms with Gasteiger partial charge in [0, 0.05) is 43.3 Å². The Morgan fingerprint density at radius 1 is 1.46 bits per heavy atom. The highest BCUT2D eigenvalue weighted by molar-refractivity contribution is 6.04. The lowest BCUT2D eigenvalue weighted by molar-refractivity contribution is -0.132. The van der Waals surface area contributed by atoms with Crippen LogP contribution in [-0.2, 0) is 9.53 Å². The Kier molecular flexibility index (Phi) is 6.51. The summed E-state index contributed by atoms with van der Waals surface area (Å²) in [5.41, 5.74) is 1.64. The summed E-state index contributed by atoms with van der Waals surface area (Å²) in [6, 6.07) is 1.88. The Hall–Kier alpha value is -2.61. The molecule has 0 aliphatic carbocycles. The van der Waals surface area contributed by atoms with Crippen molar-refractivity contribution in [3.63, 3.8) is 0 Å². The van der Waals surface area contributed by atoms with Crippen LogP contribution in [0.5, 0.6) is 0 Å². The van der Waals surface area contributed by atoms with Crippen LogP contribution in [0.4, 0.5) is 5.69 Å². The van der Waals surface area contributed by atoms with Crippen molar-refractivity contribution in [2.24, 2.45) is 5.92 Å². The summed E-state index contributed by atoms with van der Waals surface area (Å²) in [6.07, 6.45) is 5.54. The van der Waals surface area contributed by atoms with E-state index in [-0.39, 0.29) is 25.2 Å². The van der Waals surface area contributed by atoms with Crippen LogP contribution in [0.3, 0.4) is 0 Å². The number of ether oxygens (including phenoxy) is 1. The molecule has 3 rings (SSSR count). The second-order valence-corrected chi connectivity index (χ2v) is 7.25. The number of amides is 1. The van der Waals surface area contributed by atoms with Gasteiger partial charge in [0.2, 0.25) is 5.91 Å². The van der Waals surface area contributed by atoms with Gasteiger partial charge >= 0.3 is 5.97 Å². The first-order valence-electron chi connectivity index (χ1n) is 9.83. The quantitative estimate of drug-likeness (QED) is 0.628. The average Bonchev–Trinajstić information content (AvgIpc) is 3.17. The van der Waals surface area contributed by atoms with E-state index in [4.69, 9.17) is 9.84 Å². The first-order chi connectivity index (χ1) is 13.5. The summed E-state index contributed by atoms with van der Waals surface area (Å²) in [5, 5.41) is 13.2. The van der Waals surface area contributed by atoms with Crippen molar-refractivity contribution in [1.29, 1.82) is 0 Å². The molecular formula is C20H28N4O4. The number of aliphatic hydroxyl groups excluding tert-OH is 1. The van der Waals surface area contributed by atoms with Crippen molar-refractivity contribution in [2.45, 2.75) is 39.2 Å². The number of hydrogen-bond acceptors (Lipinski definition) is 6. The number of hydrogen-bond donors (Lipinski definition) is 3. The highest BCUT2D eigenvalue weighted by Gasteiger charge is 2.30. The van der Waals surface area contributed by atoms with Gasteiger partial charge in [0.25, 0.3) is 0 Å². The molecule has 2 aromatic rings. The highest BCUT2D eigenvalue weighted by Crippen LogP contribution is 2.30. The second-order valence-electron chi connectivity index (χ2n) is 7.25. The minimum Gasteiger partial charge on any atom is -0.460 e. The van der Waals surface area contributed by atoms with Gasteiger partial charge in [0.15, 0.2) is 0 Å². The zero-order chi connectivity index (χ0) is 20.1. The van der Waals surface area contributed by atoms with Crippen LogP contribution in [0.15, 0.2) is 18.5 Å². The van der Waals surface area contributed by atoms with Gasteiger partial charge in [-0.2, -0.15) is 0 Å². The molecule has 0 aromatic carbocycles. The Morgan fingerprint density at radius 3 is 3.04 bits per heavy atom. The van der Waals surface area contributed by atoms with E-state index in [1.54, 1.807) is 6.20 Å². The fourth-order valence-electron chi connectivity index (χ4n) is 3.58. The number of aliphatic hydroxyl groups is 1. The van der Waals surface area contributed by atoms with Crippen molar-refractivity contribution in [1.82, 2.24) is 14.9 Å². The number of fused-ring (bicyclic) bond motifs is 1. The molecule has 28 heavy (non-hydrogen) atoms. The maximum atomic E-state index is 12.5. The summed E-state index contributed by atoms with van der Waals surface area (Å²) >= 11 is 0. The first-order valence-corrected chi connectivity index (χ1v) is 9.83. The van der Waals surface area contributed by atoms with Gasteiger partial charge in [-0.25, -0.2) is 9.78 Å². The topological polar surface area (TPSA) is 108 Å².